The number of primary amides is 1. The van der Waals surface area contributed by atoms with Crippen LogP contribution in [0.1, 0.15) is 27.3 Å². The third-order valence-electron chi connectivity index (χ3n) is 4.27. The Balaban J connectivity index is 2.07. The summed E-state index contributed by atoms with van der Waals surface area (Å²) >= 11 is 1.29. The molecule has 11 heteroatoms. The fraction of sp³-hybridized carbons (Fsp3) is 0.167. The number of carbonyl (C=O) groups is 1. The van der Waals surface area contributed by atoms with Gasteiger partial charge in [-0.2, -0.15) is 13.2 Å². The van der Waals surface area contributed by atoms with Crippen LogP contribution in [-0.2, 0) is 6.18 Å². The van der Waals surface area contributed by atoms with Gasteiger partial charge in [0, 0.05) is 35.1 Å². The number of fused-ring (bicyclic) bond motifs is 1. The van der Waals surface area contributed by atoms with Crippen molar-refractivity contribution in [1.82, 2.24) is 24.5 Å². The maximum atomic E-state index is 13.6. The highest BCUT2D eigenvalue weighted by Gasteiger charge is 2.35. The van der Waals surface area contributed by atoms with Gasteiger partial charge in [0.05, 0.1) is 16.8 Å². The second kappa shape index (κ2) is 6.62. The predicted molar refractivity (Wildman–Crippen MR) is 101 cm³/mol. The zero-order valence-electron chi connectivity index (χ0n) is 15.2. The van der Waals surface area contributed by atoms with Crippen LogP contribution in [0, 0.1) is 13.8 Å². The number of halogens is 3. The summed E-state index contributed by atoms with van der Waals surface area (Å²) in [7, 11) is 0. The number of hydrogen-bond acceptors (Lipinski definition) is 6. The molecule has 29 heavy (non-hydrogen) atoms. The largest absolute Gasteiger partial charge is 0.418 e. The molecule has 0 saturated carbocycles. The van der Waals surface area contributed by atoms with E-state index in [4.69, 9.17) is 5.73 Å². The zero-order chi connectivity index (χ0) is 20.9. The van der Waals surface area contributed by atoms with Crippen LogP contribution in [0.4, 0.5) is 13.2 Å². The molecule has 2 N–H and O–H groups in total. The lowest BCUT2D eigenvalue weighted by Crippen LogP contribution is -2.19. The Labute approximate surface area is 166 Å². The second-order valence-corrected chi connectivity index (χ2v) is 7.15. The topological polar surface area (TPSA) is 99.6 Å². The molecule has 0 atom stereocenters. The molecule has 0 spiro atoms. The number of nitrogens with zero attached hydrogens (tertiary/aromatic N) is 5. The number of amides is 1. The average Bonchev–Trinajstić information content (AvgIpc) is 3.24. The number of aryl methyl sites for hydroxylation is 2. The van der Waals surface area contributed by atoms with E-state index in [0.29, 0.717) is 5.01 Å². The van der Waals surface area contributed by atoms with Crippen LogP contribution in [-0.4, -0.2) is 30.4 Å². The van der Waals surface area contributed by atoms with Crippen molar-refractivity contribution in [2.75, 3.05) is 0 Å². The van der Waals surface area contributed by atoms with Gasteiger partial charge in [-0.25, -0.2) is 15.0 Å². The predicted octanol–water partition coefficient (Wildman–Crippen LogP) is 3.67. The summed E-state index contributed by atoms with van der Waals surface area (Å²) in [5.74, 6) is -0.687. The summed E-state index contributed by atoms with van der Waals surface area (Å²) in [5, 5.41) is 2.17. The molecule has 0 bridgehead atoms. The van der Waals surface area contributed by atoms with Crippen molar-refractivity contribution in [1.29, 1.82) is 0 Å². The highest BCUT2D eigenvalue weighted by atomic mass is 32.1. The van der Waals surface area contributed by atoms with E-state index in [9.17, 15) is 18.0 Å². The molecule has 0 aromatic carbocycles. The molecule has 0 aliphatic heterocycles. The van der Waals surface area contributed by atoms with Gasteiger partial charge >= 0.3 is 6.18 Å². The van der Waals surface area contributed by atoms with Gasteiger partial charge in [-0.1, -0.05) is 0 Å². The Bertz CT molecular complexity index is 1260. The standard InChI is InChI=1S/C18H13F3N6OS/c1-8-7-29-17(24-8)15-25-9(2)13(14(22)28)16(26-15)27-6-11(18(19,20)21)10-5-23-4-3-12(10)27/h3-7H,1-2H3,(H2,22,28). The van der Waals surface area contributed by atoms with Crippen LogP contribution in [0.25, 0.3) is 27.6 Å². The quantitative estimate of drug-likeness (QED) is 0.547. The molecule has 4 rings (SSSR count). The Morgan fingerprint density at radius 1 is 1.21 bits per heavy atom. The Morgan fingerprint density at radius 2 is 1.97 bits per heavy atom. The number of rotatable bonds is 3. The van der Waals surface area contributed by atoms with Crippen molar-refractivity contribution in [2.24, 2.45) is 5.73 Å². The summed E-state index contributed by atoms with van der Waals surface area (Å²) in [5.41, 5.74) is 5.73. The molecular weight excluding hydrogens is 405 g/mol. The molecule has 0 radical (unpaired) electrons. The van der Waals surface area contributed by atoms with E-state index >= 15 is 0 Å². The van der Waals surface area contributed by atoms with Crippen molar-refractivity contribution in [3.63, 3.8) is 0 Å². The van der Waals surface area contributed by atoms with Gasteiger partial charge in [0.25, 0.3) is 5.91 Å². The maximum absolute atomic E-state index is 13.6. The van der Waals surface area contributed by atoms with Crippen LogP contribution >= 0.6 is 11.3 Å². The molecule has 4 heterocycles. The van der Waals surface area contributed by atoms with Crippen LogP contribution in [0.15, 0.2) is 30.0 Å². The summed E-state index contributed by atoms with van der Waals surface area (Å²) in [4.78, 5) is 28.8. The van der Waals surface area contributed by atoms with Crippen LogP contribution in [0.5, 0.6) is 0 Å². The molecule has 7 nitrogen and oxygen atoms in total. The fourth-order valence-electron chi connectivity index (χ4n) is 3.05. The first-order valence-electron chi connectivity index (χ1n) is 8.30. The molecule has 0 fully saturated rings. The Kier molecular flexibility index (Phi) is 4.34. The smallest absolute Gasteiger partial charge is 0.365 e. The van der Waals surface area contributed by atoms with E-state index in [1.807, 2.05) is 0 Å². The lowest BCUT2D eigenvalue weighted by Gasteiger charge is -2.12. The van der Waals surface area contributed by atoms with Crippen molar-refractivity contribution in [3.05, 3.63) is 52.6 Å². The summed E-state index contributed by atoms with van der Waals surface area (Å²) in [6.45, 7) is 3.35. The minimum Gasteiger partial charge on any atom is -0.365 e. The number of pyridine rings is 1. The molecule has 0 saturated heterocycles. The van der Waals surface area contributed by atoms with Gasteiger partial charge in [-0.05, 0) is 19.9 Å². The van der Waals surface area contributed by atoms with E-state index in [0.717, 1.165) is 18.1 Å². The molecule has 148 valence electrons. The van der Waals surface area contributed by atoms with E-state index in [-0.39, 0.29) is 33.8 Å². The van der Waals surface area contributed by atoms with Crippen molar-refractivity contribution < 1.29 is 18.0 Å². The second-order valence-electron chi connectivity index (χ2n) is 6.29. The molecule has 4 aromatic heterocycles. The lowest BCUT2D eigenvalue weighted by atomic mass is 10.2. The van der Waals surface area contributed by atoms with E-state index in [1.54, 1.807) is 19.2 Å². The maximum Gasteiger partial charge on any atom is 0.418 e. The molecular formula is C18H13F3N6OS. The first-order chi connectivity index (χ1) is 13.7. The monoisotopic (exact) mass is 418 g/mol. The molecule has 4 aromatic rings. The van der Waals surface area contributed by atoms with E-state index in [2.05, 4.69) is 19.9 Å². The minimum atomic E-state index is -4.61. The summed E-state index contributed by atoms with van der Waals surface area (Å²) in [6, 6.07) is 1.42. The molecule has 1 amide bonds. The number of nitrogens with two attached hydrogens (primary N) is 1. The van der Waals surface area contributed by atoms with E-state index < -0.39 is 17.6 Å². The number of alkyl halides is 3. The van der Waals surface area contributed by atoms with Crippen LogP contribution < -0.4 is 5.73 Å². The van der Waals surface area contributed by atoms with E-state index in [1.165, 1.54) is 28.2 Å². The minimum absolute atomic E-state index is 0.0421. The van der Waals surface area contributed by atoms with Crippen LogP contribution in [0.2, 0.25) is 0 Å². The average molecular weight is 418 g/mol. The molecule has 0 aliphatic rings. The molecule has 0 aliphatic carbocycles. The number of thiazole rings is 1. The number of hydrogen-bond donors (Lipinski definition) is 1. The van der Waals surface area contributed by atoms with Crippen molar-refractivity contribution >= 4 is 28.1 Å². The summed E-state index contributed by atoms with van der Waals surface area (Å²) < 4.78 is 41.9. The molecule has 0 unspecified atom stereocenters. The van der Waals surface area contributed by atoms with Gasteiger partial charge < -0.3 is 5.73 Å². The van der Waals surface area contributed by atoms with Gasteiger partial charge in [0.1, 0.15) is 5.56 Å². The SMILES string of the molecule is Cc1csc(-c2nc(C)c(C(N)=O)c(-n3cc(C(F)(F)F)c4cnccc43)n2)n1. The number of aromatic nitrogens is 5. The number of carbonyl (C=O) groups excluding carboxylic acids is 1. The summed E-state index contributed by atoms with van der Waals surface area (Å²) in [6.07, 6.45) is -1.24. The lowest BCUT2D eigenvalue weighted by molar-refractivity contribution is -0.136. The van der Waals surface area contributed by atoms with Gasteiger partial charge in [-0.3, -0.25) is 14.3 Å². The van der Waals surface area contributed by atoms with Gasteiger partial charge in [0.15, 0.2) is 16.6 Å². The Hall–Kier alpha value is -3.34. The fourth-order valence-corrected chi connectivity index (χ4v) is 3.78. The van der Waals surface area contributed by atoms with Crippen molar-refractivity contribution in [3.8, 4) is 16.6 Å². The van der Waals surface area contributed by atoms with Crippen LogP contribution in [0.3, 0.4) is 0 Å². The van der Waals surface area contributed by atoms with Gasteiger partial charge in [-0.15, -0.1) is 11.3 Å². The zero-order valence-corrected chi connectivity index (χ0v) is 16.0. The normalized spacial score (nSPS) is 11.9. The van der Waals surface area contributed by atoms with Gasteiger partial charge in [0.2, 0.25) is 0 Å². The highest BCUT2D eigenvalue weighted by Crippen LogP contribution is 2.37. The van der Waals surface area contributed by atoms with Crippen molar-refractivity contribution in [2.45, 2.75) is 20.0 Å². The first kappa shape index (κ1) is 19.0. The third kappa shape index (κ3) is 3.23. The first-order valence-corrected chi connectivity index (χ1v) is 9.18. The Morgan fingerprint density at radius 3 is 2.59 bits per heavy atom. The third-order valence-corrected chi connectivity index (χ3v) is 5.22. The highest BCUT2D eigenvalue weighted by molar-refractivity contribution is 7.13.